The smallest absolute Gasteiger partial charge is 0.304 e. The SMILES string of the molecule is CCCCCCCC[P+](CCCCCCCC)(CCCCCCCC)OC(=O)C(F)(F)F. The molecule has 0 atom stereocenters. The maximum Gasteiger partial charge on any atom is 0.495 e. The molecule has 6 heteroatoms. The van der Waals surface area contributed by atoms with Gasteiger partial charge in [0.1, 0.15) is 0 Å². The maximum atomic E-state index is 13.1. The summed E-state index contributed by atoms with van der Waals surface area (Å²) in [7, 11) is -2.39. The second-order valence-electron chi connectivity index (χ2n) is 9.41. The molecule has 0 aliphatic carbocycles. The number of carbonyl (C=O) groups excluding carboxylic acids is 1. The minimum atomic E-state index is -4.89. The van der Waals surface area contributed by atoms with Crippen LogP contribution in [-0.2, 0) is 9.32 Å². The number of rotatable bonds is 22. The van der Waals surface area contributed by atoms with Gasteiger partial charge in [-0.25, -0.2) is 4.79 Å². The van der Waals surface area contributed by atoms with Gasteiger partial charge in [-0.05, 0) is 38.5 Å². The highest BCUT2D eigenvalue weighted by atomic mass is 31.2. The van der Waals surface area contributed by atoms with E-state index in [1.54, 1.807) is 0 Å². The standard InChI is InChI=1S/C26H51F3O2P/c1-4-7-10-13-16-19-22-32(31-25(30)26(27,28)29,23-20-17-14-11-8-5-2)24-21-18-15-12-9-6-3/h4-24H2,1-3H3/q+1. The molecule has 0 aromatic rings. The Morgan fingerprint density at radius 2 is 0.844 bits per heavy atom. The molecule has 0 spiro atoms. The van der Waals surface area contributed by atoms with Gasteiger partial charge in [-0.15, -0.1) is 0 Å². The summed E-state index contributed by atoms with van der Waals surface area (Å²) in [6.07, 6.45) is 16.9. The molecule has 192 valence electrons. The number of alkyl halides is 3. The molecule has 0 aliphatic heterocycles. The largest absolute Gasteiger partial charge is 0.495 e. The summed E-state index contributed by atoms with van der Waals surface area (Å²) >= 11 is 0. The topological polar surface area (TPSA) is 26.3 Å². The van der Waals surface area contributed by atoms with Gasteiger partial charge in [-0.3, -0.25) is 0 Å². The van der Waals surface area contributed by atoms with Crippen LogP contribution in [0.2, 0.25) is 0 Å². The first kappa shape index (κ1) is 31.7. The highest BCUT2D eigenvalue weighted by Gasteiger charge is 2.50. The van der Waals surface area contributed by atoms with Crippen LogP contribution < -0.4 is 0 Å². The van der Waals surface area contributed by atoms with Crippen LogP contribution in [0.5, 0.6) is 0 Å². The van der Waals surface area contributed by atoms with Gasteiger partial charge >= 0.3 is 12.1 Å². The molecular formula is C26H51F3O2P+. The van der Waals surface area contributed by atoms with Crippen LogP contribution in [0.25, 0.3) is 0 Å². The van der Waals surface area contributed by atoms with Crippen LogP contribution in [0.15, 0.2) is 0 Å². The lowest BCUT2D eigenvalue weighted by molar-refractivity contribution is -0.189. The summed E-state index contributed by atoms with van der Waals surface area (Å²) < 4.78 is 44.8. The van der Waals surface area contributed by atoms with Gasteiger partial charge in [0.2, 0.25) is 0 Å². The van der Waals surface area contributed by atoms with Crippen LogP contribution in [0, 0.1) is 0 Å². The molecule has 0 fully saturated rings. The van der Waals surface area contributed by atoms with Gasteiger partial charge in [0.05, 0.1) is 18.5 Å². The van der Waals surface area contributed by atoms with E-state index in [2.05, 4.69) is 20.8 Å². The van der Waals surface area contributed by atoms with E-state index in [0.717, 1.165) is 57.8 Å². The summed E-state index contributed by atoms with van der Waals surface area (Å²) in [6, 6.07) is 0. The van der Waals surface area contributed by atoms with Crippen molar-refractivity contribution in [2.75, 3.05) is 18.5 Å². The highest BCUT2D eigenvalue weighted by molar-refractivity contribution is 7.71. The maximum absolute atomic E-state index is 13.1. The van der Waals surface area contributed by atoms with Gasteiger partial charge in [-0.1, -0.05) is 97.8 Å². The number of unbranched alkanes of at least 4 members (excludes halogenated alkanes) is 15. The Morgan fingerprint density at radius 3 is 1.12 bits per heavy atom. The molecule has 32 heavy (non-hydrogen) atoms. The van der Waals surface area contributed by atoms with Crippen molar-refractivity contribution in [3.05, 3.63) is 0 Å². The molecule has 0 saturated carbocycles. The van der Waals surface area contributed by atoms with Crippen LogP contribution in [0.1, 0.15) is 136 Å². The van der Waals surface area contributed by atoms with Gasteiger partial charge < -0.3 is 4.52 Å². The average Bonchev–Trinajstić information content (AvgIpc) is 2.75. The predicted octanol–water partition coefficient (Wildman–Crippen LogP) is 10.1. The summed E-state index contributed by atoms with van der Waals surface area (Å²) in [5, 5.41) is 0. The van der Waals surface area contributed by atoms with Crippen molar-refractivity contribution in [3.8, 4) is 0 Å². The van der Waals surface area contributed by atoms with Gasteiger partial charge in [0.15, 0.2) is 7.49 Å². The Labute approximate surface area is 197 Å². The van der Waals surface area contributed by atoms with E-state index in [9.17, 15) is 18.0 Å². The normalized spacial score (nSPS) is 12.3. The molecule has 0 N–H and O–H groups in total. The van der Waals surface area contributed by atoms with Crippen molar-refractivity contribution in [2.24, 2.45) is 0 Å². The molecular weight excluding hydrogens is 432 g/mol. The fourth-order valence-electron chi connectivity index (χ4n) is 4.24. The van der Waals surface area contributed by atoms with Gasteiger partial charge in [0, 0.05) is 0 Å². The first-order chi connectivity index (χ1) is 15.3. The van der Waals surface area contributed by atoms with E-state index in [-0.39, 0.29) is 0 Å². The third-order valence-corrected chi connectivity index (χ3v) is 10.2. The fraction of sp³-hybridized carbons (Fsp3) is 0.962. The summed E-state index contributed by atoms with van der Waals surface area (Å²) in [6.45, 7) is 6.52. The van der Waals surface area contributed by atoms with Crippen molar-refractivity contribution in [3.63, 3.8) is 0 Å². The highest BCUT2D eigenvalue weighted by Crippen LogP contribution is 2.62. The Hall–Kier alpha value is -0.310. The minimum absolute atomic E-state index is 0.671. The lowest BCUT2D eigenvalue weighted by Crippen LogP contribution is -2.28. The summed E-state index contributed by atoms with van der Waals surface area (Å²) in [5.74, 6) is -1.95. The molecule has 0 aliphatic rings. The quantitative estimate of drug-likeness (QED) is 0.113. The third kappa shape index (κ3) is 17.2. The zero-order valence-electron chi connectivity index (χ0n) is 21.2. The van der Waals surface area contributed by atoms with Gasteiger partial charge in [0.25, 0.3) is 0 Å². The molecule has 0 amide bonds. The zero-order chi connectivity index (χ0) is 24.1. The molecule has 0 unspecified atom stereocenters. The summed E-state index contributed by atoms with van der Waals surface area (Å²) in [4.78, 5) is 11.9. The second kappa shape index (κ2) is 20.1. The first-order valence-corrected chi connectivity index (χ1v) is 15.7. The minimum Gasteiger partial charge on any atom is -0.304 e. The van der Waals surface area contributed by atoms with Crippen molar-refractivity contribution in [1.82, 2.24) is 0 Å². The lowest BCUT2D eigenvalue weighted by atomic mass is 10.1. The van der Waals surface area contributed by atoms with E-state index >= 15 is 0 Å². The van der Waals surface area contributed by atoms with Crippen molar-refractivity contribution < 1.29 is 22.5 Å². The molecule has 0 aromatic carbocycles. The average molecular weight is 484 g/mol. The van der Waals surface area contributed by atoms with Crippen LogP contribution in [-0.4, -0.2) is 30.6 Å². The molecule has 0 heterocycles. The van der Waals surface area contributed by atoms with Crippen LogP contribution in [0.3, 0.4) is 0 Å². The van der Waals surface area contributed by atoms with E-state index in [0.29, 0.717) is 18.5 Å². The molecule has 0 rings (SSSR count). The Morgan fingerprint density at radius 1 is 0.562 bits per heavy atom. The van der Waals surface area contributed by atoms with E-state index in [1.165, 1.54) is 57.8 Å². The van der Waals surface area contributed by atoms with Crippen LogP contribution in [0.4, 0.5) is 13.2 Å². The van der Waals surface area contributed by atoms with Gasteiger partial charge in [-0.2, -0.15) is 13.2 Å². The molecule has 2 nitrogen and oxygen atoms in total. The summed E-state index contributed by atoms with van der Waals surface area (Å²) in [5.41, 5.74) is 0. The number of hydrogen-bond donors (Lipinski definition) is 0. The monoisotopic (exact) mass is 483 g/mol. The van der Waals surface area contributed by atoms with Crippen molar-refractivity contribution in [1.29, 1.82) is 0 Å². The number of halogens is 3. The van der Waals surface area contributed by atoms with Crippen LogP contribution >= 0.6 is 7.49 Å². The van der Waals surface area contributed by atoms with Crippen molar-refractivity contribution >= 4 is 13.5 Å². The van der Waals surface area contributed by atoms with E-state index in [4.69, 9.17) is 4.52 Å². The lowest BCUT2D eigenvalue weighted by Gasteiger charge is -2.26. The number of hydrogen-bond acceptors (Lipinski definition) is 2. The Bertz CT molecular complexity index is 400. The van der Waals surface area contributed by atoms with Crippen molar-refractivity contribution in [2.45, 2.75) is 143 Å². The molecule has 0 aromatic heterocycles. The first-order valence-electron chi connectivity index (χ1n) is 13.5. The fourth-order valence-corrected chi connectivity index (χ4v) is 8.04. The van der Waals surface area contributed by atoms with E-state index in [1.807, 2.05) is 0 Å². The molecule has 0 radical (unpaired) electrons. The van der Waals surface area contributed by atoms with E-state index < -0.39 is 19.6 Å². The second-order valence-corrected chi connectivity index (χ2v) is 13.0. The Balaban J connectivity index is 5.02. The third-order valence-electron chi connectivity index (χ3n) is 6.27. The Kier molecular flexibility index (Phi) is 19.9. The number of carbonyl (C=O) groups is 1. The molecule has 0 bridgehead atoms. The molecule has 0 saturated heterocycles. The predicted molar refractivity (Wildman–Crippen MR) is 134 cm³/mol. The zero-order valence-corrected chi connectivity index (χ0v) is 22.1.